The summed E-state index contributed by atoms with van der Waals surface area (Å²) >= 11 is 7.74. The van der Waals surface area contributed by atoms with E-state index in [9.17, 15) is 8.78 Å². The van der Waals surface area contributed by atoms with Gasteiger partial charge in [0.25, 0.3) is 0 Å². The van der Waals surface area contributed by atoms with Gasteiger partial charge in [0, 0.05) is 15.5 Å². The second-order valence-corrected chi connectivity index (χ2v) is 9.01. The van der Waals surface area contributed by atoms with Crippen molar-refractivity contribution >= 4 is 33.2 Å². The van der Waals surface area contributed by atoms with E-state index >= 15 is 0 Å². The Hall–Kier alpha value is -2.57. The van der Waals surface area contributed by atoms with Crippen LogP contribution in [0.25, 0.3) is 21.3 Å². The molecule has 0 aliphatic rings. The van der Waals surface area contributed by atoms with Crippen LogP contribution in [0.4, 0.5) is 8.78 Å². The van der Waals surface area contributed by atoms with E-state index in [1.54, 1.807) is 6.07 Å². The highest BCUT2D eigenvalue weighted by molar-refractivity contribution is 7.19. The first kappa shape index (κ1) is 19.7. The molecule has 0 saturated heterocycles. The minimum Gasteiger partial charge on any atom is -0.432 e. The average molecular weight is 431 g/mol. The number of ether oxygens (including phenoxy) is 1. The highest BCUT2D eigenvalue weighted by Crippen LogP contribution is 2.47. The first-order chi connectivity index (χ1) is 13.8. The number of hydrogen-bond acceptors (Lipinski definition) is 4. The van der Waals surface area contributed by atoms with E-state index in [1.165, 1.54) is 23.7 Å². The van der Waals surface area contributed by atoms with Gasteiger partial charge in [-0.15, -0.1) is 11.3 Å². The van der Waals surface area contributed by atoms with E-state index in [0.29, 0.717) is 15.2 Å². The standard InChI is InChI=1S/C22H17ClF2N2OS/c1-22(2,3)19-16(12-6-4-7-13(23)10-12)17-20(26-11-27-21(17)29-19)28-18-14(24)8-5-9-15(18)25/h4-11H,1-3H3. The van der Waals surface area contributed by atoms with E-state index in [2.05, 4.69) is 30.7 Å². The van der Waals surface area contributed by atoms with Gasteiger partial charge in [-0.2, -0.15) is 0 Å². The molecule has 0 fully saturated rings. The van der Waals surface area contributed by atoms with E-state index in [4.69, 9.17) is 16.3 Å². The summed E-state index contributed by atoms with van der Waals surface area (Å²) in [6.45, 7) is 6.28. The van der Waals surface area contributed by atoms with Gasteiger partial charge in [-0.25, -0.2) is 18.7 Å². The lowest BCUT2D eigenvalue weighted by molar-refractivity contribution is 0.399. The quantitative estimate of drug-likeness (QED) is 0.340. The Kier molecular flexibility index (Phi) is 5.00. The van der Waals surface area contributed by atoms with Crippen LogP contribution in [-0.4, -0.2) is 9.97 Å². The van der Waals surface area contributed by atoms with Gasteiger partial charge >= 0.3 is 0 Å². The number of nitrogens with zero attached hydrogens (tertiary/aromatic N) is 2. The maximum Gasteiger partial charge on any atom is 0.232 e. The number of halogens is 3. The summed E-state index contributed by atoms with van der Waals surface area (Å²) in [5.74, 6) is -1.99. The van der Waals surface area contributed by atoms with Gasteiger partial charge in [0.2, 0.25) is 11.6 Å². The van der Waals surface area contributed by atoms with Gasteiger partial charge in [0.05, 0.1) is 5.39 Å². The zero-order chi connectivity index (χ0) is 20.8. The fourth-order valence-corrected chi connectivity index (χ4v) is 4.51. The van der Waals surface area contributed by atoms with Crippen LogP contribution in [0.15, 0.2) is 48.8 Å². The van der Waals surface area contributed by atoms with Crippen molar-refractivity contribution in [3.8, 4) is 22.8 Å². The average Bonchev–Trinajstić information content (AvgIpc) is 3.06. The third kappa shape index (κ3) is 3.70. The molecule has 0 aliphatic carbocycles. The lowest BCUT2D eigenvalue weighted by atomic mass is 9.88. The highest BCUT2D eigenvalue weighted by Gasteiger charge is 2.28. The summed E-state index contributed by atoms with van der Waals surface area (Å²) in [5.41, 5.74) is 1.51. The van der Waals surface area contributed by atoms with Crippen molar-refractivity contribution in [2.24, 2.45) is 0 Å². The molecule has 4 aromatic rings. The Morgan fingerprint density at radius 2 is 1.69 bits per heavy atom. The van der Waals surface area contributed by atoms with Crippen molar-refractivity contribution in [3.05, 3.63) is 70.3 Å². The molecule has 0 bridgehead atoms. The maximum atomic E-state index is 14.2. The lowest BCUT2D eigenvalue weighted by Gasteiger charge is -2.19. The predicted molar refractivity (Wildman–Crippen MR) is 113 cm³/mol. The molecule has 3 nitrogen and oxygen atoms in total. The molecule has 0 spiro atoms. The molecule has 0 radical (unpaired) electrons. The number of benzene rings is 2. The summed E-state index contributed by atoms with van der Waals surface area (Å²) in [5, 5.41) is 1.19. The summed E-state index contributed by atoms with van der Waals surface area (Å²) in [6.07, 6.45) is 1.33. The second-order valence-electron chi connectivity index (χ2n) is 7.58. The molecule has 2 aromatic heterocycles. The molecule has 0 atom stereocenters. The molecule has 7 heteroatoms. The van der Waals surface area contributed by atoms with E-state index in [0.717, 1.165) is 28.1 Å². The minimum atomic E-state index is -0.799. The Labute approximate surface area is 176 Å². The first-order valence-electron chi connectivity index (χ1n) is 8.91. The van der Waals surface area contributed by atoms with Gasteiger partial charge in [-0.3, -0.25) is 0 Å². The Bertz CT molecular complexity index is 1200. The number of para-hydroxylation sites is 1. The van der Waals surface area contributed by atoms with Gasteiger partial charge in [-0.05, 0) is 35.2 Å². The predicted octanol–water partition coefficient (Wildman–Crippen LogP) is 7.38. The van der Waals surface area contributed by atoms with Crippen molar-refractivity contribution < 1.29 is 13.5 Å². The van der Waals surface area contributed by atoms with Crippen LogP contribution < -0.4 is 4.74 Å². The molecule has 2 heterocycles. The smallest absolute Gasteiger partial charge is 0.232 e. The minimum absolute atomic E-state index is 0.0979. The Balaban J connectivity index is 2.02. The largest absolute Gasteiger partial charge is 0.432 e. The van der Waals surface area contributed by atoms with E-state index < -0.39 is 17.4 Å². The number of thiophene rings is 1. The number of aromatic nitrogens is 2. The summed E-state index contributed by atoms with van der Waals surface area (Å²) < 4.78 is 34.0. The van der Waals surface area contributed by atoms with Crippen LogP contribution in [0.1, 0.15) is 25.6 Å². The fourth-order valence-electron chi connectivity index (χ4n) is 3.11. The first-order valence-corrected chi connectivity index (χ1v) is 10.1. The monoisotopic (exact) mass is 430 g/mol. The maximum absolute atomic E-state index is 14.2. The van der Waals surface area contributed by atoms with Crippen LogP contribution in [0.5, 0.6) is 11.6 Å². The zero-order valence-electron chi connectivity index (χ0n) is 16.0. The Morgan fingerprint density at radius 1 is 1.00 bits per heavy atom. The van der Waals surface area contributed by atoms with Gasteiger partial charge in [-0.1, -0.05) is 50.6 Å². The van der Waals surface area contributed by atoms with Gasteiger partial charge in [0.1, 0.15) is 11.2 Å². The molecule has 148 valence electrons. The van der Waals surface area contributed by atoms with Crippen molar-refractivity contribution in [3.63, 3.8) is 0 Å². The van der Waals surface area contributed by atoms with Crippen molar-refractivity contribution in [2.45, 2.75) is 26.2 Å². The van der Waals surface area contributed by atoms with Crippen LogP contribution in [0.2, 0.25) is 5.02 Å². The van der Waals surface area contributed by atoms with E-state index in [1.807, 2.05) is 18.2 Å². The van der Waals surface area contributed by atoms with Crippen molar-refractivity contribution in [2.75, 3.05) is 0 Å². The number of hydrogen-bond donors (Lipinski definition) is 0. The topological polar surface area (TPSA) is 35.0 Å². The fraction of sp³-hybridized carbons (Fsp3) is 0.182. The molecular weight excluding hydrogens is 414 g/mol. The number of rotatable bonds is 3. The van der Waals surface area contributed by atoms with Crippen LogP contribution in [-0.2, 0) is 5.41 Å². The highest BCUT2D eigenvalue weighted by atomic mass is 35.5. The molecule has 0 saturated carbocycles. The van der Waals surface area contributed by atoms with Crippen LogP contribution in [0.3, 0.4) is 0 Å². The van der Waals surface area contributed by atoms with Crippen LogP contribution >= 0.6 is 22.9 Å². The van der Waals surface area contributed by atoms with Crippen LogP contribution in [0, 0.1) is 11.6 Å². The molecule has 29 heavy (non-hydrogen) atoms. The molecule has 0 unspecified atom stereocenters. The summed E-state index contributed by atoms with van der Waals surface area (Å²) in [4.78, 5) is 10.3. The molecule has 0 aliphatic heterocycles. The van der Waals surface area contributed by atoms with E-state index in [-0.39, 0.29) is 11.3 Å². The number of fused-ring (bicyclic) bond motifs is 1. The third-order valence-electron chi connectivity index (χ3n) is 4.37. The SMILES string of the molecule is CC(C)(C)c1sc2ncnc(Oc3c(F)cccc3F)c2c1-c1cccc(Cl)c1. The molecule has 0 amide bonds. The third-order valence-corrected chi connectivity index (χ3v) is 6.12. The molecule has 4 rings (SSSR count). The van der Waals surface area contributed by atoms with Crippen molar-refractivity contribution in [1.29, 1.82) is 0 Å². The van der Waals surface area contributed by atoms with Gasteiger partial charge in [0.15, 0.2) is 11.6 Å². The van der Waals surface area contributed by atoms with Crippen molar-refractivity contribution in [1.82, 2.24) is 9.97 Å². The van der Waals surface area contributed by atoms with Gasteiger partial charge < -0.3 is 4.74 Å². The Morgan fingerprint density at radius 3 is 2.34 bits per heavy atom. The normalized spacial score (nSPS) is 11.8. The molecule has 2 aromatic carbocycles. The molecule has 0 N–H and O–H groups in total. The molecular formula is C22H17ClF2N2OS. The zero-order valence-corrected chi connectivity index (χ0v) is 17.5. The summed E-state index contributed by atoms with van der Waals surface area (Å²) in [7, 11) is 0. The summed E-state index contributed by atoms with van der Waals surface area (Å²) in [6, 6.07) is 11.0. The lowest BCUT2D eigenvalue weighted by Crippen LogP contribution is -2.10. The second kappa shape index (κ2) is 7.35.